The van der Waals surface area contributed by atoms with E-state index < -0.39 is 11.6 Å². The van der Waals surface area contributed by atoms with Crippen LogP contribution in [0.3, 0.4) is 0 Å². The van der Waals surface area contributed by atoms with Gasteiger partial charge in [0.05, 0.1) is 0 Å². The maximum atomic E-state index is 14.0. The zero-order valence-corrected chi connectivity index (χ0v) is 11.0. The number of hydrogen-bond acceptors (Lipinski definition) is 2. The largest absolute Gasteiger partial charge is 0.340 e. The first-order valence-corrected chi connectivity index (χ1v) is 6.01. The monoisotopic (exact) mass is 262 g/mol. The summed E-state index contributed by atoms with van der Waals surface area (Å²) in [4.78, 5) is 1.49. The van der Waals surface area contributed by atoms with Gasteiger partial charge in [0.15, 0.2) is 0 Å². The molecule has 0 aliphatic heterocycles. The van der Waals surface area contributed by atoms with Crippen LogP contribution in [0.5, 0.6) is 0 Å². The van der Waals surface area contributed by atoms with Crippen molar-refractivity contribution in [3.05, 3.63) is 59.2 Å². The summed E-state index contributed by atoms with van der Waals surface area (Å²) in [5.41, 5.74) is 7.59. The highest BCUT2D eigenvalue weighted by Crippen LogP contribution is 2.30. The van der Waals surface area contributed by atoms with Crippen LogP contribution < -0.4 is 10.6 Å². The van der Waals surface area contributed by atoms with Gasteiger partial charge >= 0.3 is 0 Å². The molecule has 19 heavy (non-hydrogen) atoms. The lowest BCUT2D eigenvalue weighted by Gasteiger charge is -2.21. The highest BCUT2D eigenvalue weighted by molar-refractivity contribution is 5.64. The highest BCUT2D eigenvalue weighted by atomic mass is 19.1. The van der Waals surface area contributed by atoms with Gasteiger partial charge in [-0.1, -0.05) is 17.7 Å². The standard InChI is InChI=1S/C15H16F2N2/c1-10-3-5-12(6-4-10)19(2)15-13(16)7-11(9-18)8-14(15)17/h3-8H,9,18H2,1-2H3. The van der Waals surface area contributed by atoms with Crippen molar-refractivity contribution in [3.63, 3.8) is 0 Å². The molecule has 0 spiro atoms. The van der Waals surface area contributed by atoms with E-state index in [0.29, 0.717) is 5.56 Å². The topological polar surface area (TPSA) is 29.3 Å². The van der Waals surface area contributed by atoms with Gasteiger partial charge in [0, 0.05) is 19.3 Å². The van der Waals surface area contributed by atoms with Crippen molar-refractivity contribution in [2.24, 2.45) is 5.73 Å². The van der Waals surface area contributed by atoms with E-state index in [2.05, 4.69) is 0 Å². The molecule has 0 bridgehead atoms. The molecule has 0 heterocycles. The molecule has 2 nitrogen and oxygen atoms in total. The Hall–Kier alpha value is -1.94. The van der Waals surface area contributed by atoms with Crippen LogP contribution in [0.2, 0.25) is 0 Å². The maximum Gasteiger partial charge on any atom is 0.150 e. The molecule has 4 heteroatoms. The van der Waals surface area contributed by atoms with E-state index in [1.807, 2.05) is 31.2 Å². The van der Waals surface area contributed by atoms with Gasteiger partial charge in [0.1, 0.15) is 17.3 Å². The third-order valence-electron chi connectivity index (χ3n) is 3.07. The molecule has 2 aromatic carbocycles. The zero-order chi connectivity index (χ0) is 14.0. The predicted molar refractivity (Wildman–Crippen MR) is 73.5 cm³/mol. The number of nitrogens with two attached hydrogens (primary N) is 1. The van der Waals surface area contributed by atoms with E-state index in [0.717, 1.165) is 11.3 Å². The average Bonchev–Trinajstić information content (AvgIpc) is 2.38. The molecule has 2 N–H and O–H groups in total. The van der Waals surface area contributed by atoms with Crippen molar-refractivity contribution in [1.82, 2.24) is 0 Å². The predicted octanol–water partition coefficient (Wildman–Crippen LogP) is 3.50. The Kier molecular flexibility index (Phi) is 3.81. The quantitative estimate of drug-likeness (QED) is 0.917. The molecule has 0 aliphatic rings. The Balaban J connectivity index is 2.44. The smallest absolute Gasteiger partial charge is 0.150 e. The van der Waals surface area contributed by atoms with Crippen LogP contribution in [-0.2, 0) is 6.54 Å². The van der Waals surface area contributed by atoms with Crippen molar-refractivity contribution in [1.29, 1.82) is 0 Å². The first-order valence-electron chi connectivity index (χ1n) is 6.01. The first kappa shape index (κ1) is 13.5. The summed E-state index contributed by atoms with van der Waals surface area (Å²) in [5.74, 6) is -1.22. The molecular formula is C15H16F2N2. The summed E-state index contributed by atoms with van der Waals surface area (Å²) in [5, 5.41) is 0. The van der Waals surface area contributed by atoms with E-state index in [9.17, 15) is 8.78 Å². The first-order chi connectivity index (χ1) is 9.02. The molecule has 0 saturated heterocycles. The molecule has 100 valence electrons. The Morgan fingerprint density at radius 2 is 1.58 bits per heavy atom. The fraction of sp³-hybridized carbons (Fsp3) is 0.200. The summed E-state index contributed by atoms with van der Waals surface area (Å²) in [7, 11) is 1.63. The van der Waals surface area contributed by atoms with Crippen molar-refractivity contribution >= 4 is 11.4 Å². The molecule has 2 aromatic rings. The summed E-state index contributed by atoms with van der Waals surface area (Å²) in [6, 6.07) is 9.98. The van der Waals surface area contributed by atoms with Crippen LogP contribution in [0.25, 0.3) is 0 Å². The summed E-state index contributed by atoms with van der Waals surface area (Å²) in [6.07, 6.45) is 0. The third kappa shape index (κ3) is 2.74. The van der Waals surface area contributed by atoms with Gasteiger partial charge < -0.3 is 10.6 Å². The second-order valence-corrected chi connectivity index (χ2v) is 4.51. The summed E-state index contributed by atoms with van der Waals surface area (Å²) < 4.78 is 28.0. The number of nitrogens with zero attached hydrogens (tertiary/aromatic N) is 1. The van der Waals surface area contributed by atoms with E-state index in [4.69, 9.17) is 5.73 Å². The van der Waals surface area contributed by atoms with Gasteiger partial charge in [-0.15, -0.1) is 0 Å². The third-order valence-corrected chi connectivity index (χ3v) is 3.07. The van der Waals surface area contributed by atoms with E-state index >= 15 is 0 Å². The molecule has 2 rings (SSSR count). The SMILES string of the molecule is Cc1ccc(N(C)c2c(F)cc(CN)cc2F)cc1. The van der Waals surface area contributed by atoms with E-state index in [-0.39, 0.29) is 12.2 Å². The second kappa shape index (κ2) is 5.36. The lowest BCUT2D eigenvalue weighted by Crippen LogP contribution is -2.14. The molecule has 0 fully saturated rings. The van der Waals surface area contributed by atoms with Crippen molar-refractivity contribution in [3.8, 4) is 0 Å². The fourth-order valence-corrected chi connectivity index (χ4v) is 1.95. The highest BCUT2D eigenvalue weighted by Gasteiger charge is 2.16. The molecular weight excluding hydrogens is 246 g/mol. The average molecular weight is 262 g/mol. The lowest BCUT2D eigenvalue weighted by molar-refractivity contribution is 0.580. The van der Waals surface area contributed by atoms with Crippen LogP contribution in [-0.4, -0.2) is 7.05 Å². The van der Waals surface area contributed by atoms with Crippen molar-refractivity contribution in [2.75, 3.05) is 11.9 Å². The van der Waals surface area contributed by atoms with Gasteiger partial charge in [-0.2, -0.15) is 0 Å². The Morgan fingerprint density at radius 3 is 2.05 bits per heavy atom. The fourth-order valence-electron chi connectivity index (χ4n) is 1.95. The molecule has 0 amide bonds. The molecule has 0 aliphatic carbocycles. The van der Waals surface area contributed by atoms with Gasteiger partial charge in [-0.05, 0) is 36.8 Å². The summed E-state index contributed by atoms with van der Waals surface area (Å²) in [6.45, 7) is 2.07. The van der Waals surface area contributed by atoms with Gasteiger partial charge in [-0.25, -0.2) is 8.78 Å². The molecule has 0 saturated carbocycles. The molecule has 0 unspecified atom stereocenters. The normalized spacial score (nSPS) is 10.6. The number of benzene rings is 2. The van der Waals surface area contributed by atoms with Crippen molar-refractivity contribution < 1.29 is 8.78 Å². The number of anilines is 2. The van der Waals surface area contributed by atoms with Crippen molar-refractivity contribution in [2.45, 2.75) is 13.5 Å². The Bertz CT molecular complexity index is 556. The number of halogens is 2. The van der Waals surface area contributed by atoms with Crippen LogP contribution >= 0.6 is 0 Å². The van der Waals surface area contributed by atoms with E-state index in [1.165, 1.54) is 17.0 Å². The minimum atomic E-state index is -0.608. The van der Waals surface area contributed by atoms with Crippen LogP contribution in [0.1, 0.15) is 11.1 Å². The van der Waals surface area contributed by atoms with Gasteiger partial charge in [-0.3, -0.25) is 0 Å². The zero-order valence-electron chi connectivity index (χ0n) is 11.0. The molecule has 0 radical (unpaired) electrons. The second-order valence-electron chi connectivity index (χ2n) is 4.51. The van der Waals surface area contributed by atoms with E-state index in [1.54, 1.807) is 7.05 Å². The molecule has 0 atom stereocenters. The van der Waals surface area contributed by atoms with Crippen LogP contribution in [0, 0.1) is 18.6 Å². The molecule has 0 aromatic heterocycles. The summed E-state index contributed by atoms with van der Waals surface area (Å²) >= 11 is 0. The van der Waals surface area contributed by atoms with Gasteiger partial charge in [0.2, 0.25) is 0 Å². The van der Waals surface area contributed by atoms with Gasteiger partial charge in [0.25, 0.3) is 0 Å². The van der Waals surface area contributed by atoms with Crippen LogP contribution in [0.4, 0.5) is 20.2 Å². The van der Waals surface area contributed by atoms with Crippen LogP contribution in [0.15, 0.2) is 36.4 Å². The number of rotatable bonds is 3. The number of hydrogen-bond donors (Lipinski definition) is 1. The lowest BCUT2D eigenvalue weighted by atomic mass is 10.1. The number of aryl methyl sites for hydroxylation is 1. The Labute approximate surface area is 111 Å². The Morgan fingerprint density at radius 1 is 1.05 bits per heavy atom. The minimum absolute atomic E-state index is 0.0685. The minimum Gasteiger partial charge on any atom is -0.340 e. The maximum absolute atomic E-state index is 14.0.